The first-order valence-electron chi connectivity index (χ1n) is 6.90. The third kappa shape index (κ3) is 3.64. The fourth-order valence-corrected chi connectivity index (χ4v) is 2.13. The molecule has 0 saturated heterocycles. The molecule has 2 rings (SSSR count). The summed E-state index contributed by atoms with van der Waals surface area (Å²) in [5, 5.41) is 0. The van der Waals surface area contributed by atoms with Crippen molar-refractivity contribution in [3.63, 3.8) is 0 Å². The summed E-state index contributed by atoms with van der Waals surface area (Å²) >= 11 is 0. The fraction of sp³-hybridized carbons (Fsp3) is 0.222. The van der Waals surface area contributed by atoms with Gasteiger partial charge in [-0.15, -0.1) is 0 Å². The van der Waals surface area contributed by atoms with Crippen molar-refractivity contribution in [1.82, 2.24) is 0 Å². The Kier molecular flexibility index (Phi) is 5.15. The molecule has 0 heterocycles. The fourth-order valence-electron chi connectivity index (χ4n) is 2.13. The molecular weight excluding hydrogens is 286 g/mol. The van der Waals surface area contributed by atoms with Crippen LogP contribution in [0.25, 0.3) is 6.08 Å². The van der Waals surface area contributed by atoms with Gasteiger partial charge >= 0.3 is 0 Å². The average Bonchev–Trinajstić information content (AvgIpc) is 2.53. The number of ether oxygens (including phenoxy) is 2. The number of benzene rings is 2. The van der Waals surface area contributed by atoms with Crippen LogP contribution in [0.1, 0.15) is 24.0 Å². The highest BCUT2D eigenvalue weighted by atomic mass is 19.1. The molecule has 0 radical (unpaired) electrons. The van der Waals surface area contributed by atoms with Gasteiger partial charge in [-0.25, -0.2) is 8.78 Å². The van der Waals surface area contributed by atoms with Gasteiger partial charge in [0.15, 0.2) is 0 Å². The minimum absolute atomic E-state index is 0.188. The van der Waals surface area contributed by atoms with Crippen LogP contribution < -0.4 is 9.47 Å². The van der Waals surface area contributed by atoms with E-state index in [1.54, 1.807) is 36.4 Å². The Bertz CT molecular complexity index is 681. The lowest BCUT2D eigenvalue weighted by molar-refractivity contribution is 0.410. The maximum absolute atomic E-state index is 14.0. The molecule has 0 amide bonds. The zero-order valence-corrected chi connectivity index (χ0v) is 12.8. The van der Waals surface area contributed by atoms with Crippen LogP contribution in [0.2, 0.25) is 0 Å². The van der Waals surface area contributed by atoms with E-state index >= 15 is 0 Å². The van der Waals surface area contributed by atoms with Crippen LogP contribution in [0.3, 0.4) is 0 Å². The Morgan fingerprint density at radius 3 is 2.05 bits per heavy atom. The number of hydrogen-bond donors (Lipinski definition) is 0. The van der Waals surface area contributed by atoms with Gasteiger partial charge in [0.25, 0.3) is 0 Å². The normalized spacial score (nSPS) is 12.4. The highest BCUT2D eigenvalue weighted by Crippen LogP contribution is 2.25. The van der Waals surface area contributed by atoms with Gasteiger partial charge in [-0.2, -0.15) is 0 Å². The van der Waals surface area contributed by atoms with Crippen molar-refractivity contribution in [3.8, 4) is 11.5 Å². The summed E-state index contributed by atoms with van der Waals surface area (Å²) in [4.78, 5) is 0. The van der Waals surface area contributed by atoms with Crippen LogP contribution in [0.4, 0.5) is 8.78 Å². The Hall–Kier alpha value is -2.36. The topological polar surface area (TPSA) is 18.5 Å². The van der Waals surface area contributed by atoms with E-state index in [4.69, 9.17) is 9.47 Å². The van der Waals surface area contributed by atoms with Crippen molar-refractivity contribution in [3.05, 3.63) is 65.2 Å². The SMILES string of the molecule is COc1ccc(/C=C/C(C)c2ccc(OC)cc2F)c(F)c1. The number of rotatable bonds is 5. The minimum Gasteiger partial charge on any atom is -0.497 e. The quantitative estimate of drug-likeness (QED) is 0.790. The van der Waals surface area contributed by atoms with Crippen LogP contribution in [0, 0.1) is 11.6 Å². The zero-order chi connectivity index (χ0) is 16.1. The van der Waals surface area contributed by atoms with Crippen LogP contribution in [-0.2, 0) is 0 Å². The summed E-state index contributed by atoms with van der Waals surface area (Å²) in [5.74, 6) is 0.0274. The summed E-state index contributed by atoms with van der Waals surface area (Å²) < 4.78 is 37.8. The number of allylic oxidation sites excluding steroid dienone is 1. The van der Waals surface area contributed by atoms with E-state index in [0.29, 0.717) is 22.6 Å². The second-order valence-corrected chi connectivity index (χ2v) is 4.92. The lowest BCUT2D eigenvalue weighted by atomic mass is 9.99. The third-order valence-electron chi connectivity index (χ3n) is 3.47. The third-order valence-corrected chi connectivity index (χ3v) is 3.47. The van der Waals surface area contributed by atoms with E-state index in [0.717, 1.165) is 0 Å². The Balaban J connectivity index is 2.19. The summed E-state index contributed by atoms with van der Waals surface area (Å²) in [6, 6.07) is 9.35. The molecule has 0 fully saturated rings. The van der Waals surface area contributed by atoms with Crippen LogP contribution in [-0.4, -0.2) is 14.2 Å². The van der Waals surface area contributed by atoms with Crippen LogP contribution in [0.15, 0.2) is 42.5 Å². The van der Waals surface area contributed by atoms with E-state index in [2.05, 4.69) is 0 Å². The Morgan fingerprint density at radius 2 is 1.50 bits per heavy atom. The maximum Gasteiger partial charge on any atom is 0.134 e. The molecule has 0 saturated carbocycles. The van der Waals surface area contributed by atoms with Crippen LogP contribution >= 0.6 is 0 Å². The standard InChI is InChI=1S/C18H18F2O2/c1-12(16-9-8-15(22-3)11-18(16)20)4-5-13-6-7-14(21-2)10-17(13)19/h4-12H,1-3H3/b5-4+. The molecule has 4 heteroatoms. The van der Waals surface area contributed by atoms with Gasteiger partial charge in [0.05, 0.1) is 14.2 Å². The predicted molar refractivity (Wildman–Crippen MR) is 83.4 cm³/mol. The molecular formula is C18H18F2O2. The summed E-state index contributed by atoms with van der Waals surface area (Å²) in [7, 11) is 2.98. The summed E-state index contributed by atoms with van der Waals surface area (Å²) in [6.07, 6.45) is 3.40. The van der Waals surface area contributed by atoms with Crippen molar-refractivity contribution in [2.24, 2.45) is 0 Å². The molecule has 116 valence electrons. The van der Waals surface area contributed by atoms with Gasteiger partial charge in [-0.05, 0) is 23.8 Å². The molecule has 0 aliphatic heterocycles. The van der Waals surface area contributed by atoms with Gasteiger partial charge in [0.1, 0.15) is 23.1 Å². The summed E-state index contributed by atoms with van der Waals surface area (Å²) in [6.45, 7) is 1.85. The van der Waals surface area contributed by atoms with Crippen molar-refractivity contribution >= 4 is 6.08 Å². The predicted octanol–water partition coefficient (Wildman–Crippen LogP) is 4.80. The molecule has 0 aromatic heterocycles. The Morgan fingerprint density at radius 1 is 0.909 bits per heavy atom. The number of halogens is 2. The molecule has 2 aromatic rings. The van der Waals surface area contributed by atoms with Gasteiger partial charge in [-0.1, -0.05) is 25.1 Å². The first kappa shape index (κ1) is 16.0. The van der Waals surface area contributed by atoms with Crippen molar-refractivity contribution in [2.75, 3.05) is 14.2 Å². The maximum atomic E-state index is 14.0. The van der Waals surface area contributed by atoms with E-state index < -0.39 is 0 Å². The van der Waals surface area contributed by atoms with E-state index in [1.807, 2.05) is 6.92 Å². The van der Waals surface area contributed by atoms with Crippen molar-refractivity contribution in [1.29, 1.82) is 0 Å². The minimum atomic E-state index is -0.377. The monoisotopic (exact) mass is 304 g/mol. The molecule has 0 N–H and O–H groups in total. The zero-order valence-electron chi connectivity index (χ0n) is 12.8. The van der Waals surface area contributed by atoms with Crippen molar-refractivity contribution < 1.29 is 18.3 Å². The smallest absolute Gasteiger partial charge is 0.134 e. The lowest BCUT2D eigenvalue weighted by Crippen LogP contribution is -1.95. The average molecular weight is 304 g/mol. The van der Waals surface area contributed by atoms with Crippen molar-refractivity contribution in [2.45, 2.75) is 12.8 Å². The van der Waals surface area contributed by atoms with Gasteiger partial charge in [-0.3, -0.25) is 0 Å². The molecule has 0 bridgehead atoms. The van der Waals surface area contributed by atoms with E-state index in [1.165, 1.54) is 26.4 Å². The van der Waals surface area contributed by atoms with Gasteiger partial charge < -0.3 is 9.47 Å². The molecule has 0 aliphatic carbocycles. The molecule has 0 aliphatic rings. The number of hydrogen-bond acceptors (Lipinski definition) is 2. The molecule has 2 aromatic carbocycles. The largest absolute Gasteiger partial charge is 0.497 e. The van der Waals surface area contributed by atoms with E-state index in [9.17, 15) is 8.78 Å². The van der Waals surface area contributed by atoms with E-state index in [-0.39, 0.29) is 17.6 Å². The highest BCUT2D eigenvalue weighted by molar-refractivity contribution is 5.53. The summed E-state index contributed by atoms with van der Waals surface area (Å²) in [5.41, 5.74) is 0.965. The molecule has 22 heavy (non-hydrogen) atoms. The second-order valence-electron chi connectivity index (χ2n) is 4.92. The number of methoxy groups -OCH3 is 2. The highest BCUT2D eigenvalue weighted by Gasteiger charge is 2.10. The van der Waals surface area contributed by atoms with Gasteiger partial charge in [0.2, 0.25) is 0 Å². The lowest BCUT2D eigenvalue weighted by Gasteiger charge is -2.10. The Labute approximate surface area is 129 Å². The molecule has 1 atom stereocenters. The molecule has 0 spiro atoms. The van der Waals surface area contributed by atoms with Crippen LogP contribution in [0.5, 0.6) is 11.5 Å². The van der Waals surface area contributed by atoms with Gasteiger partial charge in [0, 0.05) is 23.6 Å². The second kappa shape index (κ2) is 7.07. The molecule has 2 nitrogen and oxygen atoms in total. The first-order valence-corrected chi connectivity index (χ1v) is 6.90. The first-order chi connectivity index (χ1) is 10.5. The molecule has 1 unspecified atom stereocenters.